The van der Waals surface area contributed by atoms with Gasteiger partial charge in [0.1, 0.15) is 18.1 Å². The van der Waals surface area contributed by atoms with Gasteiger partial charge in [-0.15, -0.1) is 0 Å². The Morgan fingerprint density at radius 1 is 1.36 bits per heavy atom. The van der Waals surface area contributed by atoms with Crippen LogP contribution in [-0.4, -0.2) is 45.1 Å². The van der Waals surface area contributed by atoms with Crippen LogP contribution in [0.25, 0.3) is 5.52 Å². The van der Waals surface area contributed by atoms with E-state index < -0.39 is 0 Å². The highest BCUT2D eigenvalue weighted by Gasteiger charge is 2.18. The lowest BCUT2D eigenvalue weighted by atomic mass is 10.1. The van der Waals surface area contributed by atoms with Crippen LogP contribution in [0.1, 0.15) is 21.7 Å². The fourth-order valence-electron chi connectivity index (χ4n) is 2.49. The molecule has 2 aromatic heterocycles. The van der Waals surface area contributed by atoms with E-state index in [1.165, 1.54) is 12.3 Å². The molecule has 1 aromatic carbocycles. The molecule has 3 rings (SSSR count). The molecule has 2 heterocycles. The van der Waals surface area contributed by atoms with Crippen molar-refractivity contribution >= 4 is 27.2 Å². The number of aliphatic hydroxyl groups is 1. The standard InChI is InChI=1S/C17H15BrFN3O3/c18-12-2-1-11(14(19)6-12)5-15-17(16(24)9-25-4-3-23)21-8-13-7-20-10-22(13)15/h1-2,6-8,10,23H,3-5,9H2. The number of benzene rings is 1. The van der Waals surface area contributed by atoms with Crippen molar-refractivity contribution in [2.75, 3.05) is 19.8 Å². The fourth-order valence-corrected chi connectivity index (χ4v) is 2.82. The smallest absolute Gasteiger partial charge is 0.208 e. The number of fused-ring (bicyclic) bond motifs is 1. The molecule has 0 amide bonds. The van der Waals surface area contributed by atoms with Crippen molar-refractivity contribution in [2.45, 2.75) is 6.42 Å². The van der Waals surface area contributed by atoms with Gasteiger partial charge < -0.3 is 9.84 Å². The molecular weight excluding hydrogens is 393 g/mol. The van der Waals surface area contributed by atoms with Gasteiger partial charge in [-0.1, -0.05) is 22.0 Å². The summed E-state index contributed by atoms with van der Waals surface area (Å²) in [6.45, 7) is -0.308. The third kappa shape index (κ3) is 3.92. The number of hydrogen-bond acceptors (Lipinski definition) is 5. The number of ketones is 1. The maximum absolute atomic E-state index is 14.2. The third-order valence-corrected chi connectivity index (χ3v) is 4.16. The molecule has 0 aliphatic rings. The van der Waals surface area contributed by atoms with Gasteiger partial charge >= 0.3 is 0 Å². The average molecular weight is 408 g/mol. The monoisotopic (exact) mass is 407 g/mol. The van der Waals surface area contributed by atoms with Gasteiger partial charge in [0.2, 0.25) is 5.78 Å². The van der Waals surface area contributed by atoms with Crippen molar-refractivity contribution < 1.29 is 19.0 Å². The van der Waals surface area contributed by atoms with Crippen LogP contribution in [0.5, 0.6) is 0 Å². The minimum absolute atomic E-state index is 0.0652. The lowest BCUT2D eigenvalue weighted by Crippen LogP contribution is -2.17. The number of carbonyl (C=O) groups is 1. The fraction of sp³-hybridized carbons (Fsp3) is 0.235. The molecule has 0 saturated carbocycles. The average Bonchev–Trinajstić information content (AvgIpc) is 3.06. The van der Waals surface area contributed by atoms with Crippen molar-refractivity contribution in [1.29, 1.82) is 0 Å². The second-order valence-electron chi connectivity index (χ2n) is 5.35. The van der Waals surface area contributed by atoms with Gasteiger partial charge in [-0.05, 0) is 17.7 Å². The van der Waals surface area contributed by atoms with E-state index in [0.29, 0.717) is 21.2 Å². The maximum Gasteiger partial charge on any atom is 0.208 e. The van der Waals surface area contributed by atoms with Gasteiger partial charge in [0.15, 0.2) is 0 Å². The number of Topliss-reactive ketones (excluding diaryl/α,β-unsaturated/α-hetero) is 1. The maximum atomic E-state index is 14.2. The van der Waals surface area contributed by atoms with E-state index >= 15 is 0 Å². The van der Waals surface area contributed by atoms with E-state index in [1.54, 1.807) is 29.1 Å². The minimum atomic E-state index is -0.374. The van der Waals surface area contributed by atoms with Crippen molar-refractivity contribution in [2.24, 2.45) is 0 Å². The van der Waals surface area contributed by atoms with Gasteiger partial charge in [-0.25, -0.2) is 14.4 Å². The van der Waals surface area contributed by atoms with Gasteiger partial charge in [0.25, 0.3) is 0 Å². The predicted octanol–water partition coefficient (Wildman–Crippen LogP) is 2.41. The van der Waals surface area contributed by atoms with Crippen LogP contribution in [0.15, 0.2) is 41.4 Å². The Morgan fingerprint density at radius 2 is 2.20 bits per heavy atom. The molecule has 0 aliphatic heterocycles. The Hall–Kier alpha value is -2.16. The van der Waals surface area contributed by atoms with Gasteiger partial charge in [0.05, 0.1) is 43.1 Å². The Balaban J connectivity index is 2.00. The number of aliphatic hydroxyl groups excluding tert-OH is 1. The molecule has 0 aliphatic carbocycles. The number of aromatic nitrogens is 3. The zero-order valence-corrected chi connectivity index (χ0v) is 14.7. The molecule has 6 nitrogen and oxygen atoms in total. The highest BCUT2D eigenvalue weighted by molar-refractivity contribution is 9.10. The van der Waals surface area contributed by atoms with E-state index in [9.17, 15) is 9.18 Å². The van der Waals surface area contributed by atoms with Crippen LogP contribution in [0, 0.1) is 5.82 Å². The quantitative estimate of drug-likeness (QED) is 0.480. The van der Waals surface area contributed by atoms with Crippen LogP contribution in [0.2, 0.25) is 0 Å². The van der Waals surface area contributed by atoms with Gasteiger partial charge in [-0.3, -0.25) is 9.20 Å². The molecule has 0 radical (unpaired) electrons. The first kappa shape index (κ1) is 17.7. The predicted molar refractivity (Wildman–Crippen MR) is 92.1 cm³/mol. The summed E-state index contributed by atoms with van der Waals surface area (Å²) in [5.74, 6) is -0.710. The Bertz CT molecular complexity index is 913. The second kappa shape index (κ2) is 7.81. The van der Waals surface area contributed by atoms with Crippen molar-refractivity contribution in [1.82, 2.24) is 14.4 Å². The number of nitrogens with zero attached hydrogens (tertiary/aromatic N) is 3. The van der Waals surface area contributed by atoms with E-state index in [4.69, 9.17) is 9.84 Å². The lowest BCUT2D eigenvalue weighted by Gasteiger charge is -2.12. The van der Waals surface area contributed by atoms with Crippen molar-refractivity contribution in [3.63, 3.8) is 0 Å². The van der Waals surface area contributed by atoms with Crippen LogP contribution < -0.4 is 0 Å². The van der Waals surface area contributed by atoms with Crippen LogP contribution in [0.4, 0.5) is 4.39 Å². The molecule has 1 N–H and O–H groups in total. The van der Waals surface area contributed by atoms with E-state index in [-0.39, 0.29) is 43.5 Å². The summed E-state index contributed by atoms with van der Waals surface area (Å²) >= 11 is 3.23. The Kier molecular flexibility index (Phi) is 5.52. The summed E-state index contributed by atoms with van der Waals surface area (Å²) < 4.78 is 21.7. The molecule has 0 unspecified atom stereocenters. The summed E-state index contributed by atoms with van der Waals surface area (Å²) in [7, 11) is 0. The molecule has 0 saturated heterocycles. The molecular formula is C17H15BrFN3O3. The summed E-state index contributed by atoms with van der Waals surface area (Å²) in [4.78, 5) is 20.7. The zero-order chi connectivity index (χ0) is 17.8. The summed E-state index contributed by atoms with van der Waals surface area (Å²) in [6, 6.07) is 4.78. The SMILES string of the molecule is O=C(COCCO)c1ncc2cncn2c1Cc1ccc(Br)cc1F. The molecule has 0 fully saturated rings. The first-order valence-electron chi connectivity index (χ1n) is 7.56. The third-order valence-electron chi connectivity index (χ3n) is 3.66. The van der Waals surface area contributed by atoms with Crippen molar-refractivity contribution in [3.8, 4) is 0 Å². The normalized spacial score (nSPS) is 11.2. The number of rotatable bonds is 7. The highest BCUT2D eigenvalue weighted by atomic mass is 79.9. The van der Waals surface area contributed by atoms with E-state index in [2.05, 4.69) is 25.9 Å². The molecule has 0 atom stereocenters. The summed E-state index contributed by atoms with van der Waals surface area (Å²) in [5.41, 5.74) is 1.89. The number of carbonyl (C=O) groups excluding carboxylic acids is 1. The Morgan fingerprint density at radius 3 is 2.96 bits per heavy atom. The molecule has 0 bridgehead atoms. The topological polar surface area (TPSA) is 76.7 Å². The number of hydrogen-bond donors (Lipinski definition) is 1. The number of ether oxygens (including phenoxy) is 1. The summed E-state index contributed by atoms with van der Waals surface area (Å²) in [6.07, 6.45) is 4.90. The van der Waals surface area contributed by atoms with Crippen LogP contribution >= 0.6 is 15.9 Å². The first-order chi connectivity index (χ1) is 12.1. The second-order valence-corrected chi connectivity index (χ2v) is 6.27. The molecule has 0 spiro atoms. The van der Waals surface area contributed by atoms with E-state index in [1.807, 2.05) is 0 Å². The lowest BCUT2D eigenvalue weighted by molar-refractivity contribution is 0.0658. The highest BCUT2D eigenvalue weighted by Crippen LogP contribution is 2.21. The zero-order valence-electron chi connectivity index (χ0n) is 13.2. The molecule has 130 valence electrons. The molecule has 3 aromatic rings. The van der Waals surface area contributed by atoms with E-state index in [0.717, 1.165) is 0 Å². The number of imidazole rings is 1. The Labute approximate surface area is 151 Å². The summed E-state index contributed by atoms with van der Waals surface area (Å²) in [5, 5.41) is 8.76. The largest absolute Gasteiger partial charge is 0.394 e. The minimum Gasteiger partial charge on any atom is -0.394 e. The number of halogens is 2. The molecule has 8 heteroatoms. The van der Waals surface area contributed by atoms with Crippen molar-refractivity contribution in [3.05, 3.63) is 64.2 Å². The van der Waals surface area contributed by atoms with Gasteiger partial charge in [0, 0.05) is 10.9 Å². The first-order valence-corrected chi connectivity index (χ1v) is 8.35. The van der Waals surface area contributed by atoms with Crippen LogP contribution in [0.3, 0.4) is 0 Å². The molecule has 25 heavy (non-hydrogen) atoms. The van der Waals surface area contributed by atoms with Crippen LogP contribution in [-0.2, 0) is 11.2 Å². The van der Waals surface area contributed by atoms with Gasteiger partial charge in [-0.2, -0.15) is 0 Å².